The molecule has 4 rings (SSSR count). The molecule has 1 unspecified atom stereocenters. The zero-order chi connectivity index (χ0) is 23.5. The van der Waals surface area contributed by atoms with Crippen LogP contribution in [0.5, 0.6) is 0 Å². The first-order valence-electron chi connectivity index (χ1n) is 10.6. The van der Waals surface area contributed by atoms with Crippen LogP contribution in [0.25, 0.3) is 0 Å². The summed E-state index contributed by atoms with van der Waals surface area (Å²) < 4.78 is 5.18. The molecule has 0 saturated heterocycles. The van der Waals surface area contributed by atoms with Gasteiger partial charge in [-0.15, -0.1) is 0 Å². The van der Waals surface area contributed by atoms with Crippen molar-refractivity contribution in [2.45, 2.75) is 39.3 Å². The lowest BCUT2D eigenvalue weighted by molar-refractivity contribution is 0.186. The standard InChI is InChI=1S/C22H25Cl2N7O2/c1-12-20(13(2)33-30-12)29-21-26-10-15-6-8-31(11-19(15)27-21)22(32)28-18(5-7-25)14-3-4-16(23)17(24)9-14/h3-4,9-10,18H,5-8,11,25H2,1-2H3,(H,28,32)(H,26,27,29). The lowest BCUT2D eigenvalue weighted by Crippen LogP contribution is -2.44. The summed E-state index contributed by atoms with van der Waals surface area (Å²) in [4.78, 5) is 23.8. The average Bonchev–Trinajstić information content (AvgIpc) is 3.12. The second-order valence-electron chi connectivity index (χ2n) is 7.91. The number of urea groups is 1. The van der Waals surface area contributed by atoms with E-state index in [-0.39, 0.29) is 12.1 Å². The molecule has 1 aliphatic rings. The quantitative estimate of drug-likeness (QED) is 0.471. The number of nitrogens with one attached hydrogen (secondary N) is 2. The highest BCUT2D eigenvalue weighted by Gasteiger charge is 2.25. The van der Waals surface area contributed by atoms with Gasteiger partial charge in [0.15, 0.2) is 5.76 Å². The third-order valence-corrected chi connectivity index (χ3v) is 6.34. The maximum Gasteiger partial charge on any atom is 0.318 e. The minimum atomic E-state index is -0.277. The van der Waals surface area contributed by atoms with Crippen LogP contribution < -0.4 is 16.4 Å². The number of nitrogens with two attached hydrogens (primary N) is 1. The molecule has 1 aliphatic heterocycles. The Morgan fingerprint density at radius 2 is 2.12 bits per heavy atom. The topological polar surface area (TPSA) is 122 Å². The number of hydrogen-bond acceptors (Lipinski definition) is 7. The summed E-state index contributed by atoms with van der Waals surface area (Å²) in [6.45, 7) is 5.01. The summed E-state index contributed by atoms with van der Waals surface area (Å²) in [6.07, 6.45) is 3.04. The van der Waals surface area contributed by atoms with Gasteiger partial charge in [-0.1, -0.05) is 34.4 Å². The Morgan fingerprint density at radius 1 is 1.30 bits per heavy atom. The normalized spacial score (nSPS) is 14.0. The second-order valence-corrected chi connectivity index (χ2v) is 8.73. The van der Waals surface area contributed by atoms with E-state index in [2.05, 4.69) is 25.8 Å². The van der Waals surface area contributed by atoms with Gasteiger partial charge in [0.25, 0.3) is 0 Å². The molecule has 1 atom stereocenters. The van der Waals surface area contributed by atoms with Crippen LogP contribution in [0.15, 0.2) is 28.9 Å². The van der Waals surface area contributed by atoms with Gasteiger partial charge in [-0.05, 0) is 56.5 Å². The molecular weight excluding hydrogens is 465 g/mol. The largest absolute Gasteiger partial charge is 0.359 e. The van der Waals surface area contributed by atoms with Crippen molar-refractivity contribution < 1.29 is 9.32 Å². The molecule has 0 saturated carbocycles. The number of carbonyl (C=O) groups is 1. The molecule has 0 aliphatic carbocycles. The van der Waals surface area contributed by atoms with Crippen LogP contribution in [0.2, 0.25) is 10.0 Å². The van der Waals surface area contributed by atoms with Crippen LogP contribution >= 0.6 is 23.2 Å². The number of nitrogens with zero attached hydrogens (tertiary/aromatic N) is 4. The van der Waals surface area contributed by atoms with E-state index in [0.29, 0.717) is 54.2 Å². The molecule has 3 heterocycles. The first-order chi connectivity index (χ1) is 15.9. The number of amides is 2. The Balaban J connectivity index is 1.47. The number of benzene rings is 1. The van der Waals surface area contributed by atoms with Gasteiger partial charge in [0.05, 0.1) is 28.3 Å². The van der Waals surface area contributed by atoms with Crippen molar-refractivity contribution >= 4 is 40.9 Å². The fourth-order valence-electron chi connectivity index (χ4n) is 3.77. The third-order valence-electron chi connectivity index (χ3n) is 5.60. The van der Waals surface area contributed by atoms with Crippen LogP contribution in [0.4, 0.5) is 16.4 Å². The maximum atomic E-state index is 13.1. The highest BCUT2D eigenvalue weighted by molar-refractivity contribution is 6.42. The minimum Gasteiger partial charge on any atom is -0.359 e. The van der Waals surface area contributed by atoms with E-state index in [1.807, 2.05) is 19.9 Å². The maximum absolute atomic E-state index is 13.1. The highest BCUT2D eigenvalue weighted by Crippen LogP contribution is 2.28. The van der Waals surface area contributed by atoms with Crippen molar-refractivity contribution in [1.82, 2.24) is 25.3 Å². The molecule has 33 heavy (non-hydrogen) atoms. The summed E-state index contributed by atoms with van der Waals surface area (Å²) in [7, 11) is 0. The third kappa shape index (κ3) is 5.21. The number of anilines is 2. The summed E-state index contributed by atoms with van der Waals surface area (Å²) in [5.41, 5.74) is 9.93. The SMILES string of the molecule is Cc1noc(C)c1Nc1ncc2c(n1)CN(C(=O)NC(CCN)c1ccc(Cl)c(Cl)c1)CC2. The van der Waals surface area contributed by atoms with Crippen molar-refractivity contribution in [2.75, 3.05) is 18.4 Å². The molecule has 2 aromatic heterocycles. The molecule has 0 fully saturated rings. The van der Waals surface area contributed by atoms with Gasteiger partial charge < -0.3 is 25.8 Å². The van der Waals surface area contributed by atoms with Gasteiger partial charge in [0, 0.05) is 12.7 Å². The average molecular weight is 490 g/mol. The molecule has 0 spiro atoms. The number of rotatable bonds is 6. The van der Waals surface area contributed by atoms with Gasteiger partial charge in [-0.25, -0.2) is 14.8 Å². The fraction of sp³-hybridized carbons (Fsp3) is 0.364. The van der Waals surface area contributed by atoms with E-state index < -0.39 is 0 Å². The lowest BCUT2D eigenvalue weighted by atomic mass is 10.0. The molecular formula is C22H25Cl2N7O2. The summed E-state index contributed by atoms with van der Waals surface area (Å²) >= 11 is 12.2. The number of aromatic nitrogens is 3. The fourth-order valence-corrected chi connectivity index (χ4v) is 4.07. The van der Waals surface area contributed by atoms with E-state index in [4.69, 9.17) is 33.5 Å². The smallest absolute Gasteiger partial charge is 0.318 e. The van der Waals surface area contributed by atoms with Crippen molar-refractivity contribution in [3.63, 3.8) is 0 Å². The predicted molar refractivity (Wildman–Crippen MR) is 127 cm³/mol. The number of fused-ring (bicyclic) bond motifs is 1. The molecule has 4 N–H and O–H groups in total. The Hall–Kier alpha value is -2.88. The monoisotopic (exact) mass is 489 g/mol. The minimum absolute atomic E-state index is 0.191. The highest BCUT2D eigenvalue weighted by atomic mass is 35.5. The van der Waals surface area contributed by atoms with Crippen LogP contribution in [0.3, 0.4) is 0 Å². The number of hydrogen-bond donors (Lipinski definition) is 3. The molecule has 0 bridgehead atoms. The van der Waals surface area contributed by atoms with E-state index in [1.54, 1.807) is 23.2 Å². The lowest BCUT2D eigenvalue weighted by Gasteiger charge is -2.30. The second kappa shape index (κ2) is 9.94. The molecule has 3 aromatic rings. The summed E-state index contributed by atoms with van der Waals surface area (Å²) in [6, 6.07) is 4.86. The predicted octanol–water partition coefficient (Wildman–Crippen LogP) is 4.29. The Morgan fingerprint density at radius 3 is 2.82 bits per heavy atom. The molecule has 174 valence electrons. The molecule has 11 heteroatoms. The molecule has 0 radical (unpaired) electrons. The Kier molecular flexibility index (Phi) is 7.02. The van der Waals surface area contributed by atoms with Crippen LogP contribution in [0.1, 0.15) is 40.7 Å². The van der Waals surface area contributed by atoms with Crippen molar-refractivity contribution in [2.24, 2.45) is 5.73 Å². The van der Waals surface area contributed by atoms with Gasteiger partial charge in [0.2, 0.25) is 5.95 Å². The first-order valence-corrected chi connectivity index (χ1v) is 11.4. The zero-order valence-electron chi connectivity index (χ0n) is 18.4. The molecule has 9 nitrogen and oxygen atoms in total. The first kappa shape index (κ1) is 23.3. The summed E-state index contributed by atoms with van der Waals surface area (Å²) in [5.74, 6) is 1.09. The zero-order valence-corrected chi connectivity index (χ0v) is 19.9. The number of carbonyl (C=O) groups excluding carboxylic acids is 1. The van der Waals surface area contributed by atoms with Gasteiger partial charge >= 0.3 is 6.03 Å². The van der Waals surface area contributed by atoms with Crippen molar-refractivity contribution in [1.29, 1.82) is 0 Å². The molecule has 1 aromatic carbocycles. The Labute approximate surface area is 201 Å². The van der Waals surface area contributed by atoms with Crippen molar-refractivity contribution in [3.05, 3.63) is 62.7 Å². The van der Waals surface area contributed by atoms with Gasteiger partial charge in [-0.2, -0.15) is 0 Å². The van der Waals surface area contributed by atoms with Crippen LogP contribution in [0, 0.1) is 13.8 Å². The number of halogens is 2. The summed E-state index contributed by atoms with van der Waals surface area (Å²) in [5, 5.41) is 11.1. The van der Waals surface area contributed by atoms with E-state index in [1.165, 1.54) is 0 Å². The van der Waals surface area contributed by atoms with Crippen LogP contribution in [-0.4, -0.2) is 39.1 Å². The Bertz CT molecular complexity index is 1150. The van der Waals surface area contributed by atoms with E-state index in [9.17, 15) is 4.79 Å². The van der Waals surface area contributed by atoms with Crippen molar-refractivity contribution in [3.8, 4) is 0 Å². The van der Waals surface area contributed by atoms with Gasteiger partial charge in [0.1, 0.15) is 11.4 Å². The van der Waals surface area contributed by atoms with E-state index in [0.717, 1.165) is 28.2 Å². The molecule has 2 amide bonds. The number of aryl methyl sites for hydroxylation is 2. The van der Waals surface area contributed by atoms with E-state index >= 15 is 0 Å². The van der Waals surface area contributed by atoms with Gasteiger partial charge in [-0.3, -0.25) is 0 Å². The van der Waals surface area contributed by atoms with Crippen LogP contribution in [-0.2, 0) is 13.0 Å².